The molecule has 0 aliphatic heterocycles. The number of pyridine rings is 1. The van der Waals surface area contributed by atoms with Crippen molar-refractivity contribution in [2.24, 2.45) is 0 Å². The SMILES string of the molecule is Nc1cnccc1Sc1ncc[nH]1. The zero-order valence-corrected chi connectivity index (χ0v) is 7.58. The molecule has 0 saturated carbocycles. The summed E-state index contributed by atoms with van der Waals surface area (Å²) in [6.07, 6.45) is 6.83. The minimum absolute atomic E-state index is 0.670. The minimum atomic E-state index is 0.670. The van der Waals surface area contributed by atoms with Crippen LogP contribution in [0.25, 0.3) is 0 Å². The van der Waals surface area contributed by atoms with Crippen molar-refractivity contribution in [2.45, 2.75) is 10.1 Å². The van der Waals surface area contributed by atoms with E-state index in [1.54, 1.807) is 24.8 Å². The van der Waals surface area contributed by atoms with Gasteiger partial charge in [-0.15, -0.1) is 0 Å². The molecule has 4 nitrogen and oxygen atoms in total. The van der Waals surface area contributed by atoms with Crippen LogP contribution in [0.5, 0.6) is 0 Å². The molecular weight excluding hydrogens is 184 g/mol. The van der Waals surface area contributed by atoms with Crippen LogP contribution in [0.4, 0.5) is 5.69 Å². The Morgan fingerprint density at radius 1 is 1.38 bits per heavy atom. The maximum Gasteiger partial charge on any atom is 0.170 e. The smallest absolute Gasteiger partial charge is 0.170 e. The van der Waals surface area contributed by atoms with E-state index in [1.807, 2.05) is 6.07 Å². The predicted octanol–water partition coefficient (Wildman–Crippen LogP) is 1.54. The van der Waals surface area contributed by atoms with Crippen LogP contribution in [-0.2, 0) is 0 Å². The number of nitrogen functional groups attached to an aromatic ring is 1. The van der Waals surface area contributed by atoms with Gasteiger partial charge in [-0.05, 0) is 17.8 Å². The monoisotopic (exact) mass is 192 g/mol. The number of aromatic nitrogens is 3. The first-order valence-corrected chi connectivity index (χ1v) is 4.54. The van der Waals surface area contributed by atoms with E-state index in [0.717, 1.165) is 10.1 Å². The highest BCUT2D eigenvalue weighted by Crippen LogP contribution is 2.28. The van der Waals surface area contributed by atoms with Gasteiger partial charge in [-0.1, -0.05) is 0 Å². The molecule has 2 aromatic heterocycles. The van der Waals surface area contributed by atoms with Gasteiger partial charge in [0.15, 0.2) is 5.16 Å². The van der Waals surface area contributed by atoms with Crippen molar-refractivity contribution >= 4 is 17.4 Å². The first-order chi connectivity index (χ1) is 6.36. The molecule has 13 heavy (non-hydrogen) atoms. The van der Waals surface area contributed by atoms with Gasteiger partial charge >= 0.3 is 0 Å². The van der Waals surface area contributed by atoms with Crippen LogP contribution in [0.3, 0.4) is 0 Å². The first kappa shape index (κ1) is 8.12. The summed E-state index contributed by atoms with van der Waals surface area (Å²) in [7, 11) is 0. The summed E-state index contributed by atoms with van der Waals surface area (Å²) >= 11 is 1.49. The van der Waals surface area contributed by atoms with Crippen molar-refractivity contribution in [3.05, 3.63) is 30.9 Å². The van der Waals surface area contributed by atoms with E-state index >= 15 is 0 Å². The van der Waals surface area contributed by atoms with Gasteiger partial charge in [-0.25, -0.2) is 4.98 Å². The Hall–Kier alpha value is -1.49. The van der Waals surface area contributed by atoms with E-state index in [1.165, 1.54) is 11.8 Å². The summed E-state index contributed by atoms with van der Waals surface area (Å²) in [4.78, 5) is 11.9. The van der Waals surface area contributed by atoms with Crippen molar-refractivity contribution in [3.63, 3.8) is 0 Å². The van der Waals surface area contributed by atoms with Gasteiger partial charge in [0, 0.05) is 23.5 Å². The summed E-state index contributed by atoms with van der Waals surface area (Å²) < 4.78 is 0. The van der Waals surface area contributed by atoms with Crippen LogP contribution in [0.1, 0.15) is 0 Å². The van der Waals surface area contributed by atoms with E-state index in [4.69, 9.17) is 5.73 Å². The maximum atomic E-state index is 5.71. The summed E-state index contributed by atoms with van der Waals surface area (Å²) in [5, 5.41) is 0.831. The second kappa shape index (κ2) is 3.49. The third-order valence-corrected chi connectivity index (χ3v) is 2.50. The normalized spacial score (nSPS) is 10.2. The Balaban J connectivity index is 2.24. The average molecular weight is 192 g/mol. The molecule has 0 fully saturated rings. The molecule has 0 aromatic carbocycles. The Morgan fingerprint density at radius 2 is 2.31 bits per heavy atom. The molecule has 5 heteroatoms. The van der Waals surface area contributed by atoms with Gasteiger partial charge in [0.05, 0.1) is 11.9 Å². The van der Waals surface area contributed by atoms with E-state index in [-0.39, 0.29) is 0 Å². The zero-order chi connectivity index (χ0) is 9.10. The zero-order valence-electron chi connectivity index (χ0n) is 6.77. The fourth-order valence-corrected chi connectivity index (χ4v) is 1.65. The highest BCUT2D eigenvalue weighted by molar-refractivity contribution is 7.99. The predicted molar refractivity (Wildman–Crippen MR) is 51.4 cm³/mol. The number of H-pyrrole nitrogens is 1. The van der Waals surface area contributed by atoms with Crippen molar-refractivity contribution in [1.82, 2.24) is 15.0 Å². The minimum Gasteiger partial charge on any atom is -0.397 e. The lowest BCUT2D eigenvalue weighted by Gasteiger charge is -2.00. The van der Waals surface area contributed by atoms with Gasteiger partial charge in [-0.2, -0.15) is 0 Å². The van der Waals surface area contributed by atoms with Gasteiger partial charge in [0.25, 0.3) is 0 Å². The second-order valence-corrected chi connectivity index (χ2v) is 3.44. The van der Waals surface area contributed by atoms with E-state index in [0.29, 0.717) is 5.69 Å². The summed E-state index contributed by atoms with van der Waals surface area (Å²) in [5.41, 5.74) is 6.38. The highest BCUT2D eigenvalue weighted by Gasteiger charge is 2.01. The topological polar surface area (TPSA) is 67.6 Å². The van der Waals surface area contributed by atoms with Crippen molar-refractivity contribution in [3.8, 4) is 0 Å². The van der Waals surface area contributed by atoms with Crippen LogP contribution in [0.15, 0.2) is 40.9 Å². The molecule has 2 rings (SSSR count). The molecule has 0 amide bonds. The van der Waals surface area contributed by atoms with Crippen molar-refractivity contribution in [2.75, 3.05) is 5.73 Å². The number of imidazole rings is 1. The lowest BCUT2D eigenvalue weighted by atomic mass is 10.4. The number of nitrogens with one attached hydrogen (secondary N) is 1. The second-order valence-electron chi connectivity index (χ2n) is 2.41. The van der Waals surface area contributed by atoms with Crippen LogP contribution in [0.2, 0.25) is 0 Å². The summed E-state index contributed by atoms with van der Waals surface area (Å²) in [6, 6.07) is 1.86. The van der Waals surface area contributed by atoms with E-state index in [9.17, 15) is 0 Å². The number of hydrogen-bond acceptors (Lipinski definition) is 4. The third-order valence-electron chi connectivity index (χ3n) is 1.49. The fraction of sp³-hybridized carbons (Fsp3) is 0. The Kier molecular flexibility index (Phi) is 2.18. The molecular formula is C8H8N4S. The van der Waals surface area contributed by atoms with Crippen LogP contribution >= 0.6 is 11.8 Å². The lowest BCUT2D eigenvalue weighted by Crippen LogP contribution is -1.89. The third kappa shape index (κ3) is 1.81. The lowest BCUT2D eigenvalue weighted by molar-refractivity contribution is 1.06. The Labute approximate surface area is 79.6 Å². The molecule has 3 N–H and O–H groups in total. The van der Waals surface area contributed by atoms with Gasteiger partial charge in [-0.3, -0.25) is 4.98 Å². The largest absolute Gasteiger partial charge is 0.397 e. The van der Waals surface area contributed by atoms with Crippen LogP contribution < -0.4 is 5.73 Å². The van der Waals surface area contributed by atoms with Gasteiger partial charge < -0.3 is 10.7 Å². The van der Waals surface area contributed by atoms with E-state index in [2.05, 4.69) is 15.0 Å². The van der Waals surface area contributed by atoms with Crippen molar-refractivity contribution in [1.29, 1.82) is 0 Å². The number of anilines is 1. The molecule has 0 aliphatic carbocycles. The molecule has 2 heterocycles. The quantitative estimate of drug-likeness (QED) is 0.757. The molecule has 66 valence electrons. The first-order valence-electron chi connectivity index (χ1n) is 3.73. The summed E-state index contributed by atoms with van der Waals surface area (Å²) in [5.74, 6) is 0. The summed E-state index contributed by atoms with van der Waals surface area (Å²) in [6.45, 7) is 0. The molecule has 0 unspecified atom stereocenters. The molecule has 0 radical (unpaired) electrons. The molecule has 0 aliphatic rings. The number of aromatic amines is 1. The van der Waals surface area contributed by atoms with Crippen LogP contribution in [-0.4, -0.2) is 15.0 Å². The number of hydrogen-bond donors (Lipinski definition) is 2. The standard InChI is InChI=1S/C8H8N4S/c9-6-5-10-2-1-7(6)13-8-11-3-4-12-8/h1-5H,9H2,(H,11,12). The van der Waals surface area contributed by atoms with Crippen LogP contribution in [0, 0.1) is 0 Å². The highest BCUT2D eigenvalue weighted by atomic mass is 32.2. The van der Waals surface area contributed by atoms with Gasteiger partial charge in [0.1, 0.15) is 0 Å². The van der Waals surface area contributed by atoms with Gasteiger partial charge in [0.2, 0.25) is 0 Å². The van der Waals surface area contributed by atoms with E-state index < -0.39 is 0 Å². The Morgan fingerprint density at radius 3 is 3.00 bits per heavy atom. The number of nitrogens with two attached hydrogens (primary N) is 1. The van der Waals surface area contributed by atoms with Crippen molar-refractivity contribution < 1.29 is 0 Å². The fourth-order valence-electron chi connectivity index (χ4n) is 0.898. The molecule has 0 bridgehead atoms. The Bertz CT molecular complexity index is 385. The maximum absolute atomic E-state index is 5.71. The number of nitrogens with zero attached hydrogens (tertiary/aromatic N) is 2. The molecule has 2 aromatic rings. The number of rotatable bonds is 2. The molecule has 0 atom stereocenters. The molecule has 0 saturated heterocycles. The average Bonchev–Trinajstić information content (AvgIpc) is 2.61. The molecule has 0 spiro atoms.